The molecule has 2 aliphatic carbocycles. The molecule has 25 heavy (non-hydrogen) atoms. The summed E-state index contributed by atoms with van der Waals surface area (Å²) in [7, 11) is 0. The first-order valence-electron chi connectivity index (χ1n) is 9.64. The van der Waals surface area contributed by atoms with E-state index in [-0.39, 0.29) is 18.1 Å². The number of aliphatic hydroxyl groups excluding tert-OH is 1. The number of hydrogen-bond acceptors (Lipinski definition) is 3. The maximum absolute atomic E-state index is 12.9. The first-order valence-corrected chi connectivity index (χ1v) is 9.64. The van der Waals surface area contributed by atoms with E-state index in [1.54, 1.807) is 0 Å². The number of urea groups is 1. The Hall–Kier alpha value is -1.59. The van der Waals surface area contributed by atoms with Gasteiger partial charge in [-0.15, -0.1) is 0 Å². The van der Waals surface area contributed by atoms with E-state index < -0.39 is 6.10 Å². The molecule has 1 aliphatic heterocycles. The normalized spacial score (nSPS) is 29.7. The van der Waals surface area contributed by atoms with Crippen molar-refractivity contribution < 1.29 is 14.6 Å². The Balaban J connectivity index is 1.39. The second-order valence-corrected chi connectivity index (χ2v) is 7.66. The molecule has 1 aromatic carbocycles. The van der Waals surface area contributed by atoms with Gasteiger partial charge in [0.25, 0.3) is 0 Å². The van der Waals surface area contributed by atoms with Gasteiger partial charge in [0.15, 0.2) is 0 Å². The van der Waals surface area contributed by atoms with Crippen molar-refractivity contribution in [2.75, 3.05) is 13.2 Å². The van der Waals surface area contributed by atoms with E-state index in [4.69, 9.17) is 4.74 Å². The summed E-state index contributed by atoms with van der Waals surface area (Å²) in [6, 6.07) is 10.1. The Bertz CT molecular complexity index is 590. The van der Waals surface area contributed by atoms with Gasteiger partial charge >= 0.3 is 6.03 Å². The summed E-state index contributed by atoms with van der Waals surface area (Å²) in [6.07, 6.45) is 6.08. The summed E-state index contributed by atoms with van der Waals surface area (Å²) in [5.41, 5.74) is 0.864. The van der Waals surface area contributed by atoms with Crippen molar-refractivity contribution in [3.63, 3.8) is 0 Å². The molecule has 4 atom stereocenters. The molecule has 3 fully saturated rings. The lowest BCUT2D eigenvalue weighted by Gasteiger charge is -2.35. The number of ether oxygens (including phenoxy) is 1. The predicted octanol–water partition coefficient (Wildman–Crippen LogP) is 2.85. The molecular weight excluding hydrogens is 316 g/mol. The summed E-state index contributed by atoms with van der Waals surface area (Å²) in [4.78, 5) is 14.8. The van der Waals surface area contributed by atoms with Crippen LogP contribution >= 0.6 is 0 Å². The molecule has 2 amide bonds. The van der Waals surface area contributed by atoms with E-state index in [0.717, 1.165) is 50.7 Å². The van der Waals surface area contributed by atoms with E-state index in [9.17, 15) is 9.90 Å². The van der Waals surface area contributed by atoms with E-state index >= 15 is 0 Å². The first-order chi connectivity index (χ1) is 12.2. The third-order valence-corrected chi connectivity index (χ3v) is 5.89. The fourth-order valence-corrected chi connectivity index (χ4v) is 4.35. The largest absolute Gasteiger partial charge is 0.387 e. The Morgan fingerprint density at radius 2 is 2.00 bits per heavy atom. The van der Waals surface area contributed by atoms with Crippen molar-refractivity contribution in [1.82, 2.24) is 10.2 Å². The standard InChI is InChI=1S/C20H28N2O3/c23-18(14-5-2-1-3-6-14)13-22(15-9-10-15)20(24)21-17-7-4-8-19-16(17)11-12-25-19/h1-3,5-6,15-19,23H,4,7-13H2,(H,21,24). The second kappa shape index (κ2) is 7.34. The van der Waals surface area contributed by atoms with Crippen LogP contribution in [0.2, 0.25) is 0 Å². The average Bonchev–Trinajstić information content (AvgIpc) is 3.36. The lowest BCUT2D eigenvalue weighted by Crippen LogP contribution is -2.51. The minimum atomic E-state index is -0.638. The molecule has 136 valence electrons. The molecule has 2 N–H and O–H groups in total. The average molecular weight is 344 g/mol. The van der Waals surface area contributed by atoms with Crippen LogP contribution in [0.4, 0.5) is 4.79 Å². The van der Waals surface area contributed by atoms with E-state index in [1.165, 1.54) is 0 Å². The monoisotopic (exact) mass is 344 g/mol. The van der Waals surface area contributed by atoms with Crippen LogP contribution < -0.4 is 5.32 Å². The SMILES string of the molecule is O=C(NC1CCCC2OCCC12)N(CC(O)c1ccccc1)C1CC1. The second-order valence-electron chi connectivity index (χ2n) is 7.66. The van der Waals surface area contributed by atoms with Crippen LogP contribution in [0, 0.1) is 5.92 Å². The molecule has 0 aromatic heterocycles. The predicted molar refractivity (Wildman–Crippen MR) is 95.1 cm³/mol. The molecule has 3 aliphatic rings. The van der Waals surface area contributed by atoms with E-state index in [1.807, 2.05) is 35.2 Å². The van der Waals surface area contributed by atoms with Gasteiger partial charge in [0, 0.05) is 24.6 Å². The highest BCUT2D eigenvalue weighted by Crippen LogP contribution is 2.35. The number of nitrogens with zero attached hydrogens (tertiary/aromatic N) is 1. The summed E-state index contributed by atoms with van der Waals surface area (Å²) < 4.78 is 5.81. The summed E-state index contributed by atoms with van der Waals surface area (Å²) in [5, 5.41) is 13.8. The molecule has 4 rings (SSSR count). The summed E-state index contributed by atoms with van der Waals surface area (Å²) in [6.45, 7) is 1.18. The molecule has 1 saturated heterocycles. The minimum Gasteiger partial charge on any atom is -0.387 e. The van der Waals surface area contributed by atoms with Crippen molar-refractivity contribution in [2.24, 2.45) is 5.92 Å². The number of nitrogens with one attached hydrogen (secondary N) is 1. The third-order valence-electron chi connectivity index (χ3n) is 5.89. The van der Waals surface area contributed by atoms with E-state index in [2.05, 4.69) is 5.32 Å². The van der Waals surface area contributed by atoms with Gasteiger partial charge in [0.05, 0.1) is 18.8 Å². The quantitative estimate of drug-likeness (QED) is 0.863. The Kier molecular flexibility index (Phi) is 4.95. The molecular formula is C20H28N2O3. The van der Waals surface area contributed by atoms with Crippen LogP contribution in [0.3, 0.4) is 0 Å². The topological polar surface area (TPSA) is 61.8 Å². The maximum Gasteiger partial charge on any atom is 0.317 e. The highest BCUT2D eigenvalue weighted by Gasteiger charge is 2.40. The number of carbonyl (C=O) groups excluding carboxylic acids is 1. The van der Waals surface area contributed by atoms with Crippen molar-refractivity contribution in [3.8, 4) is 0 Å². The van der Waals surface area contributed by atoms with Gasteiger partial charge in [-0.3, -0.25) is 0 Å². The molecule has 0 radical (unpaired) electrons. The Labute approximate surface area is 149 Å². The maximum atomic E-state index is 12.9. The molecule has 1 heterocycles. The first kappa shape index (κ1) is 16.9. The minimum absolute atomic E-state index is 0.0185. The van der Waals surface area contributed by atoms with Gasteiger partial charge in [-0.25, -0.2) is 4.79 Å². The van der Waals surface area contributed by atoms with Crippen LogP contribution in [0.1, 0.15) is 50.2 Å². The number of aliphatic hydroxyl groups is 1. The highest BCUT2D eigenvalue weighted by molar-refractivity contribution is 5.75. The van der Waals surface area contributed by atoms with Gasteiger partial charge < -0.3 is 20.1 Å². The molecule has 0 bridgehead atoms. The van der Waals surface area contributed by atoms with Gasteiger partial charge in [-0.05, 0) is 44.1 Å². The van der Waals surface area contributed by atoms with Crippen LogP contribution in [0.25, 0.3) is 0 Å². The number of fused-ring (bicyclic) bond motifs is 1. The third kappa shape index (κ3) is 3.82. The molecule has 4 unspecified atom stereocenters. The molecule has 2 saturated carbocycles. The molecule has 1 aromatic rings. The van der Waals surface area contributed by atoms with Crippen LogP contribution in [0.15, 0.2) is 30.3 Å². The van der Waals surface area contributed by atoms with Gasteiger partial charge in [0.2, 0.25) is 0 Å². The summed E-state index contributed by atoms with van der Waals surface area (Å²) >= 11 is 0. The van der Waals surface area contributed by atoms with Crippen molar-refractivity contribution in [2.45, 2.75) is 62.8 Å². The van der Waals surface area contributed by atoms with Gasteiger partial charge in [-0.1, -0.05) is 30.3 Å². The number of carbonyl (C=O) groups is 1. The molecule has 5 heteroatoms. The van der Waals surface area contributed by atoms with Crippen LogP contribution in [-0.4, -0.2) is 47.4 Å². The van der Waals surface area contributed by atoms with E-state index in [0.29, 0.717) is 18.6 Å². The van der Waals surface area contributed by atoms with Crippen LogP contribution in [0.5, 0.6) is 0 Å². The summed E-state index contributed by atoms with van der Waals surface area (Å²) in [5.74, 6) is 0.456. The lowest BCUT2D eigenvalue weighted by atomic mass is 9.82. The number of benzene rings is 1. The lowest BCUT2D eigenvalue weighted by molar-refractivity contribution is 0.0526. The number of hydrogen-bond donors (Lipinski definition) is 2. The Morgan fingerprint density at radius 3 is 2.76 bits per heavy atom. The highest BCUT2D eigenvalue weighted by atomic mass is 16.5. The molecule has 0 spiro atoms. The van der Waals surface area contributed by atoms with Gasteiger partial charge in [0.1, 0.15) is 0 Å². The zero-order valence-corrected chi connectivity index (χ0v) is 14.6. The zero-order chi connectivity index (χ0) is 17.2. The van der Waals surface area contributed by atoms with Crippen molar-refractivity contribution >= 4 is 6.03 Å². The Morgan fingerprint density at radius 1 is 1.20 bits per heavy atom. The van der Waals surface area contributed by atoms with Crippen molar-refractivity contribution in [1.29, 1.82) is 0 Å². The zero-order valence-electron chi connectivity index (χ0n) is 14.6. The fourth-order valence-electron chi connectivity index (χ4n) is 4.35. The smallest absolute Gasteiger partial charge is 0.317 e. The fraction of sp³-hybridized carbons (Fsp3) is 0.650. The van der Waals surface area contributed by atoms with Gasteiger partial charge in [-0.2, -0.15) is 0 Å². The number of rotatable bonds is 5. The molecule has 5 nitrogen and oxygen atoms in total. The number of amides is 2. The van der Waals surface area contributed by atoms with Crippen LogP contribution in [-0.2, 0) is 4.74 Å². The van der Waals surface area contributed by atoms with Crippen molar-refractivity contribution in [3.05, 3.63) is 35.9 Å².